The van der Waals surface area contributed by atoms with E-state index in [4.69, 9.17) is 4.74 Å². The Kier molecular flexibility index (Phi) is 6.21. The number of amides is 2. The number of hydrogen-bond acceptors (Lipinski definition) is 4. The van der Waals surface area contributed by atoms with Crippen LogP contribution in [0.1, 0.15) is 46.6 Å². The van der Waals surface area contributed by atoms with Crippen molar-refractivity contribution in [3.05, 3.63) is 88.7 Å². The lowest BCUT2D eigenvalue weighted by Crippen LogP contribution is -2.27. The molecule has 2 heterocycles. The Hall–Kier alpha value is -3.67. The minimum absolute atomic E-state index is 0.0297. The first kappa shape index (κ1) is 21.6. The molecule has 2 amide bonds. The Labute approximate surface area is 188 Å². The van der Waals surface area contributed by atoms with Gasteiger partial charge in [-0.3, -0.25) is 14.6 Å². The number of rotatable bonds is 6. The Morgan fingerprint density at radius 1 is 1.06 bits per heavy atom. The number of ether oxygens (including phenoxy) is 1. The summed E-state index contributed by atoms with van der Waals surface area (Å²) in [6.07, 6.45) is 1.95. The molecule has 1 aromatic heterocycles. The molecule has 0 fully saturated rings. The number of aryl methyl sites for hydroxylation is 1. The Morgan fingerprint density at radius 3 is 2.62 bits per heavy atom. The predicted octanol–water partition coefficient (Wildman–Crippen LogP) is 4.51. The van der Waals surface area contributed by atoms with Gasteiger partial charge < -0.3 is 15.0 Å². The Morgan fingerprint density at radius 2 is 1.88 bits per heavy atom. The number of pyridine rings is 1. The molecule has 0 aliphatic carbocycles. The third kappa shape index (κ3) is 4.97. The summed E-state index contributed by atoms with van der Waals surface area (Å²) in [6, 6.07) is 16.9. The largest absolute Gasteiger partial charge is 0.490 e. The van der Waals surface area contributed by atoms with Crippen LogP contribution in [0.5, 0.6) is 5.75 Å². The summed E-state index contributed by atoms with van der Waals surface area (Å²) in [5.74, 6) is 0.396. The minimum Gasteiger partial charge on any atom is -0.490 e. The van der Waals surface area contributed by atoms with Crippen LogP contribution in [0.3, 0.4) is 0 Å². The number of carbonyl (C=O) groups excluding carboxylic acids is 2. The summed E-state index contributed by atoms with van der Waals surface area (Å²) < 4.78 is 5.84. The van der Waals surface area contributed by atoms with Gasteiger partial charge in [0.15, 0.2) is 0 Å². The van der Waals surface area contributed by atoms with Crippen molar-refractivity contribution >= 4 is 17.5 Å². The van der Waals surface area contributed by atoms with Gasteiger partial charge >= 0.3 is 0 Å². The number of carbonyl (C=O) groups is 2. The van der Waals surface area contributed by atoms with Gasteiger partial charge in [0.05, 0.1) is 18.1 Å². The molecular weight excluding hydrogens is 402 g/mol. The van der Waals surface area contributed by atoms with Gasteiger partial charge in [0, 0.05) is 30.7 Å². The second kappa shape index (κ2) is 9.22. The summed E-state index contributed by atoms with van der Waals surface area (Å²) in [5, 5.41) is 2.97. The summed E-state index contributed by atoms with van der Waals surface area (Å²) in [7, 11) is 0. The molecule has 2 aromatic carbocycles. The smallest absolute Gasteiger partial charge is 0.259 e. The molecule has 0 radical (unpaired) electrons. The molecule has 0 unspecified atom stereocenters. The maximum Gasteiger partial charge on any atom is 0.259 e. The SMILES string of the molecule is Cc1ccc(C(=O)Nc2ccc3c(c2)CN(C(=O)Cc2ccccn2)C3)c(OC(C)C)c1. The molecule has 3 aromatic rings. The predicted molar refractivity (Wildman–Crippen MR) is 124 cm³/mol. The molecule has 164 valence electrons. The highest BCUT2D eigenvalue weighted by Crippen LogP contribution is 2.28. The van der Waals surface area contributed by atoms with E-state index in [-0.39, 0.29) is 24.3 Å². The van der Waals surface area contributed by atoms with E-state index in [0.717, 1.165) is 22.4 Å². The third-order valence-electron chi connectivity index (χ3n) is 5.34. The van der Waals surface area contributed by atoms with Gasteiger partial charge in [-0.2, -0.15) is 0 Å². The molecule has 0 saturated heterocycles. The lowest BCUT2D eigenvalue weighted by Gasteiger charge is -2.15. The molecule has 0 saturated carbocycles. The number of aromatic nitrogens is 1. The van der Waals surface area contributed by atoms with E-state index in [2.05, 4.69) is 10.3 Å². The highest BCUT2D eigenvalue weighted by atomic mass is 16.5. The fourth-order valence-electron chi connectivity index (χ4n) is 3.79. The van der Waals surface area contributed by atoms with Crippen molar-refractivity contribution < 1.29 is 14.3 Å². The molecule has 4 rings (SSSR count). The standard InChI is InChI=1S/C26H27N3O3/c1-17(2)32-24-12-18(3)7-10-23(24)26(31)28-22-9-8-19-15-29(16-20(19)13-22)25(30)14-21-6-4-5-11-27-21/h4-13,17H,14-16H2,1-3H3,(H,28,31). The summed E-state index contributed by atoms with van der Waals surface area (Å²) in [5.41, 5.74) is 5.13. The average molecular weight is 430 g/mol. The van der Waals surface area contributed by atoms with Gasteiger partial charge in [0.25, 0.3) is 5.91 Å². The number of fused-ring (bicyclic) bond motifs is 1. The van der Waals surface area contributed by atoms with Gasteiger partial charge in [-0.25, -0.2) is 0 Å². The molecule has 0 bridgehead atoms. The lowest BCUT2D eigenvalue weighted by atomic mass is 10.1. The monoisotopic (exact) mass is 429 g/mol. The normalized spacial score (nSPS) is 12.6. The van der Waals surface area contributed by atoms with Crippen LogP contribution in [0.25, 0.3) is 0 Å². The van der Waals surface area contributed by atoms with Crippen LogP contribution < -0.4 is 10.1 Å². The molecule has 1 aliphatic rings. The van der Waals surface area contributed by atoms with E-state index < -0.39 is 0 Å². The Bertz CT molecular complexity index is 1140. The molecule has 1 N–H and O–H groups in total. The number of nitrogens with one attached hydrogen (secondary N) is 1. The number of hydrogen-bond donors (Lipinski definition) is 1. The summed E-state index contributed by atoms with van der Waals surface area (Å²) in [4.78, 5) is 31.7. The van der Waals surface area contributed by atoms with Crippen molar-refractivity contribution in [3.63, 3.8) is 0 Å². The zero-order valence-electron chi connectivity index (χ0n) is 18.6. The van der Waals surface area contributed by atoms with Crippen molar-refractivity contribution in [2.45, 2.75) is 46.4 Å². The van der Waals surface area contributed by atoms with Crippen molar-refractivity contribution in [2.75, 3.05) is 5.32 Å². The first-order valence-corrected chi connectivity index (χ1v) is 10.8. The first-order chi connectivity index (χ1) is 15.4. The second-order valence-electron chi connectivity index (χ2n) is 8.35. The van der Waals surface area contributed by atoms with Crippen molar-refractivity contribution in [2.24, 2.45) is 0 Å². The minimum atomic E-state index is -0.221. The van der Waals surface area contributed by atoms with Gasteiger partial charge in [-0.05, 0) is 73.9 Å². The molecule has 0 spiro atoms. The van der Waals surface area contributed by atoms with Crippen LogP contribution in [0, 0.1) is 6.92 Å². The third-order valence-corrected chi connectivity index (χ3v) is 5.34. The van der Waals surface area contributed by atoms with Crippen molar-refractivity contribution in [1.29, 1.82) is 0 Å². The zero-order valence-corrected chi connectivity index (χ0v) is 18.6. The average Bonchev–Trinajstić information content (AvgIpc) is 3.18. The van der Waals surface area contributed by atoms with Crippen LogP contribution in [0.15, 0.2) is 60.8 Å². The van der Waals surface area contributed by atoms with Crippen LogP contribution >= 0.6 is 0 Å². The highest BCUT2D eigenvalue weighted by Gasteiger charge is 2.24. The topological polar surface area (TPSA) is 71.5 Å². The van der Waals surface area contributed by atoms with E-state index in [1.165, 1.54) is 0 Å². The lowest BCUT2D eigenvalue weighted by molar-refractivity contribution is -0.131. The van der Waals surface area contributed by atoms with Crippen LogP contribution in [0.2, 0.25) is 0 Å². The van der Waals surface area contributed by atoms with Crippen LogP contribution in [-0.4, -0.2) is 27.8 Å². The van der Waals surface area contributed by atoms with E-state index in [1.54, 1.807) is 12.3 Å². The maximum atomic E-state index is 12.9. The maximum absolute atomic E-state index is 12.9. The van der Waals surface area contributed by atoms with E-state index in [1.807, 2.05) is 74.2 Å². The Balaban J connectivity index is 1.45. The fraction of sp³-hybridized carbons (Fsp3) is 0.269. The number of benzene rings is 2. The van der Waals surface area contributed by atoms with Crippen molar-refractivity contribution in [3.8, 4) is 5.75 Å². The van der Waals surface area contributed by atoms with E-state index in [0.29, 0.717) is 30.1 Å². The van der Waals surface area contributed by atoms with Gasteiger partial charge in [-0.1, -0.05) is 18.2 Å². The van der Waals surface area contributed by atoms with Gasteiger partial charge in [-0.15, -0.1) is 0 Å². The molecule has 0 atom stereocenters. The molecule has 6 heteroatoms. The fourth-order valence-corrected chi connectivity index (χ4v) is 3.79. The van der Waals surface area contributed by atoms with Gasteiger partial charge in [0.1, 0.15) is 5.75 Å². The quantitative estimate of drug-likeness (QED) is 0.626. The van der Waals surface area contributed by atoms with Crippen LogP contribution in [0.4, 0.5) is 5.69 Å². The highest BCUT2D eigenvalue weighted by molar-refractivity contribution is 6.06. The molecule has 1 aliphatic heterocycles. The number of anilines is 1. The van der Waals surface area contributed by atoms with E-state index in [9.17, 15) is 9.59 Å². The first-order valence-electron chi connectivity index (χ1n) is 10.8. The second-order valence-corrected chi connectivity index (χ2v) is 8.35. The van der Waals surface area contributed by atoms with E-state index >= 15 is 0 Å². The molecule has 32 heavy (non-hydrogen) atoms. The van der Waals surface area contributed by atoms with Gasteiger partial charge in [0.2, 0.25) is 5.91 Å². The van der Waals surface area contributed by atoms with Crippen molar-refractivity contribution in [1.82, 2.24) is 9.88 Å². The zero-order chi connectivity index (χ0) is 22.7. The number of nitrogens with zero attached hydrogens (tertiary/aromatic N) is 2. The summed E-state index contributed by atoms with van der Waals surface area (Å²) >= 11 is 0. The van der Waals surface area contributed by atoms with Crippen LogP contribution in [-0.2, 0) is 24.3 Å². The molecule has 6 nitrogen and oxygen atoms in total. The molecular formula is C26H27N3O3. The summed E-state index contributed by atoms with van der Waals surface area (Å²) in [6.45, 7) is 6.93.